The number of carboxylic acids is 1. The Morgan fingerprint density at radius 1 is 0.341 bits per heavy atom. The number of hydrogen-bond donors (Lipinski definition) is 0. The number of allylic oxidation sites excluding steroid dienone is 20. The number of carbonyl (C=O) groups excluding carboxylic acids is 3. The number of nitrogens with zero attached hydrogens (tertiary/aromatic N) is 1. The van der Waals surface area contributed by atoms with Crippen LogP contribution >= 0.6 is 0 Å². The molecule has 0 bridgehead atoms. The Hall–Kier alpha value is -4.31. The van der Waals surface area contributed by atoms with Gasteiger partial charge < -0.3 is 33.3 Å². The van der Waals surface area contributed by atoms with Crippen LogP contribution in [0.3, 0.4) is 0 Å². The Bertz CT molecular complexity index is 1910. The standard InChI is InChI=1S/C82H141NO8/c1-6-8-10-12-14-16-18-20-22-24-26-28-30-32-34-36-38-40-42-44-46-48-50-52-54-56-58-60-62-64-66-68-70-72-79(84)89-76-78(77-90-82(81(86)87)88-75-74-83(3,4)5)91-80(85)73-71-69-67-65-63-61-59-57-55-53-51-49-47-45-43-41-39-37-35-33-31-29-27-25-23-21-19-17-15-13-11-9-7-2/h9,11,15,17-18,20-21,23-24,26-27,29-30,32-33,35,39,41,45,47,78,82H,6-8,10,12-14,16,19,22,25,28,31,34,36-38,40,42-44,46,48-77H2,1-5H3/b11-9-,17-15-,20-18-,23-21-,26-24-,29-27-,32-30-,35-33-,41-39-,47-45-. The number of ether oxygens (including phenoxy) is 4. The molecule has 0 fully saturated rings. The van der Waals surface area contributed by atoms with Gasteiger partial charge in [-0.25, -0.2) is 0 Å². The highest BCUT2D eigenvalue weighted by molar-refractivity contribution is 5.70. The summed E-state index contributed by atoms with van der Waals surface area (Å²) in [5, 5.41) is 11.8. The van der Waals surface area contributed by atoms with Crippen molar-refractivity contribution in [2.45, 2.75) is 334 Å². The number of rotatable bonds is 69. The molecule has 0 N–H and O–H groups in total. The number of carbonyl (C=O) groups is 3. The van der Waals surface area contributed by atoms with Crippen LogP contribution in [0.4, 0.5) is 0 Å². The van der Waals surface area contributed by atoms with Crippen LogP contribution in [-0.4, -0.2) is 82.3 Å². The largest absolute Gasteiger partial charge is 0.545 e. The van der Waals surface area contributed by atoms with Crippen molar-refractivity contribution in [1.82, 2.24) is 0 Å². The van der Waals surface area contributed by atoms with Crippen LogP contribution in [0.25, 0.3) is 0 Å². The maximum absolute atomic E-state index is 13.0. The molecule has 2 unspecified atom stereocenters. The average Bonchev–Trinajstić information content (AvgIpc) is 3.46. The first kappa shape index (κ1) is 86.7. The molecule has 0 spiro atoms. The fourth-order valence-electron chi connectivity index (χ4n) is 10.5. The number of carboxylic acid groups (broad SMARTS) is 1. The van der Waals surface area contributed by atoms with Crippen LogP contribution in [0, 0.1) is 0 Å². The molecule has 0 heterocycles. The summed E-state index contributed by atoms with van der Waals surface area (Å²) < 4.78 is 22.8. The molecule has 0 aliphatic carbocycles. The number of esters is 2. The lowest BCUT2D eigenvalue weighted by Crippen LogP contribution is -2.44. The Morgan fingerprint density at radius 2 is 0.626 bits per heavy atom. The van der Waals surface area contributed by atoms with Gasteiger partial charge in [-0.05, 0) is 109 Å². The van der Waals surface area contributed by atoms with Crippen molar-refractivity contribution in [2.24, 2.45) is 0 Å². The van der Waals surface area contributed by atoms with Crippen LogP contribution in [0.15, 0.2) is 122 Å². The lowest BCUT2D eigenvalue weighted by Gasteiger charge is -2.26. The van der Waals surface area contributed by atoms with Gasteiger partial charge >= 0.3 is 11.9 Å². The van der Waals surface area contributed by atoms with E-state index in [4.69, 9.17) is 18.9 Å². The number of quaternary nitrogens is 1. The molecule has 0 amide bonds. The van der Waals surface area contributed by atoms with Crippen molar-refractivity contribution >= 4 is 17.9 Å². The Morgan fingerprint density at radius 3 is 0.934 bits per heavy atom. The predicted octanol–water partition coefficient (Wildman–Crippen LogP) is 22.6. The van der Waals surface area contributed by atoms with Gasteiger partial charge in [0.2, 0.25) is 0 Å². The first-order chi connectivity index (χ1) is 44.6. The van der Waals surface area contributed by atoms with Gasteiger partial charge in [-0.3, -0.25) is 9.59 Å². The molecule has 0 aromatic rings. The fraction of sp³-hybridized carbons (Fsp3) is 0.720. The Kier molecular flexibility index (Phi) is 68.1. The monoisotopic (exact) mass is 1270 g/mol. The molecule has 9 nitrogen and oxygen atoms in total. The molecular weight excluding hydrogens is 1130 g/mol. The quantitative estimate of drug-likeness (QED) is 0.0195. The van der Waals surface area contributed by atoms with Crippen molar-refractivity contribution in [2.75, 3.05) is 47.5 Å². The molecule has 0 radical (unpaired) electrons. The van der Waals surface area contributed by atoms with Gasteiger partial charge in [0.15, 0.2) is 12.4 Å². The zero-order valence-electron chi connectivity index (χ0n) is 59.7. The molecule has 0 saturated heterocycles. The molecule has 522 valence electrons. The van der Waals surface area contributed by atoms with Gasteiger partial charge in [-0.15, -0.1) is 0 Å². The van der Waals surface area contributed by atoms with Gasteiger partial charge in [0.25, 0.3) is 0 Å². The SMILES string of the molecule is CC/C=C\C/C=C\C/C=C\C/C=C\C/C=C\C/C=C\C/C=C\CCCCCCCCCCCCCC(=O)OC(COC(=O)CCCCCCCCCCCCCCCCCCCC/C=C\C/C=C\C/C=C\CCCCCCC)COC(OCC[N+](C)(C)C)C(=O)[O-]. The second-order valence-corrected chi connectivity index (χ2v) is 26.2. The molecule has 9 heteroatoms. The molecule has 0 rings (SSSR count). The first-order valence-corrected chi connectivity index (χ1v) is 37.7. The van der Waals surface area contributed by atoms with Crippen LogP contribution in [0.2, 0.25) is 0 Å². The van der Waals surface area contributed by atoms with Crippen LogP contribution in [-0.2, 0) is 33.3 Å². The fourth-order valence-corrected chi connectivity index (χ4v) is 10.5. The van der Waals surface area contributed by atoms with E-state index in [1.807, 2.05) is 21.1 Å². The smallest absolute Gasteiger partial charge is 0.306 e. The molecule has 2 atom stereocenters. The summed E-state index contributed by atoms with van der Waals surface area (Å²) in [6.07, 6.45) is 98.6. The normalized spacial score (nSPS) is 13.4. The third-order valence-electron chi connectivity index (χ3n) is 16.2. The zero-order valence-corrected chi connectivity index (χ0v) is 59.7. The number of hydrogen-bond acceptors (Lipinski definition) is 8. The van der Waals surface area contributed by atoms with E-state index in [1.165, 1.54) is 186 Å². The van der Waals surface area contributed by atoms with Gasteiger partial charge in [-0.1, -0.05) is 322 Å². The third-order valence-corrected chi connectivity index (χ3v) is 16.2. The van der Waals surface area contributed by atoms with E-state index < -0.39 is 24.3 Å². The maximum atomic E-state index is 13.0. The maximum Gasteiger partial charge on any atom is 0.306 e. The molecule has 0 aliphatic heterocycles. The van der Waals surface area contributed by atoms with Crippen molar-refractivity contribution in [3.05, 3.63) is 122 Å². The van der Waals surface area contributed by atoms with E-state index >= 15 is 0 Å². The van der Waals surface area contributed by atoms with Gasteiger partial charge in [0.1, 0.15) is 13.2 Å². The van der Waals surface area contributed by atoms with Crippen molar-refractivity contribution < 1.29 is 42.9 Å². The number of unbranched alkanes of at least 4 members (excludes halogenated alkanes) is 34. The highest BCUT2D eigenvalue weighted by Gasteiger charge is 2.22. The summed E-state index contributed by atoms with van der Waals surface area (Å²) in [6, 6.07) is 0. The van der Waals surface area contributed by atoms with Gasteiger partial charge in [0.05, 0.1) is 40.3 Å². The van der Waals surface area contributed by atoms with Crippen molar-refractivity contribution in [3.8, 4) is 0 Å². The second kappa shape index (κ2) is 71.5. The predicted molar refractivity (Wildman–Crippen MR) is 389 cm³/mol. The molecule has 0 aromatic heterocycles. The molecule has 0 saturated carbocycles. The van der Waals surface area contributed by atoms with Crippen molar-refractivity contribution in [1.29, 1.82) is 0 Å². The summed E-state index contributed by atoms with van der Waals surface area (Å²) in [5.41, 5.74) is 0. The van der Waals surface area contributed by atoms with Crippen molar-refractivity contribution in [3.63, 3.8) is 0 Å². The average molecular weight is 1270 g/mol. The molecular formula is C82H141NO8. The first-order valence-electron chi connectivity index (χ1n) is 37.7. The minimum Gasteiger partial charge on any atom is -0.545 e. The van der Waals surface area contributed by atoms with Crippen LogP contribution in [0.1, 0.15) is 322 Å². The zero-order chi connectivity index (χ0) is 66.1. The topological polar surface area (TPSA) is 111 Å². The Labute approximate surface area is 561 Å². The summed E-state index contributed by atoms with van der Waals surface area (Å²) in [5.74, 6) is -2.28. The number of likely N-dealkylation sites (N-methyl/N-ethyl adjacent to an activating group) is 1. The highest BCUT2D eigenvalue weighted by Crippen LogP contribution is 2.18. The minimum absolute atomic E-state index is 0.143. The molecule has 0 aromatic carbocycles. The molecule has 0 aliphatic rings. The molecule has 91 heavy (non-hydrogen) atoms. The van der Waals surface area contributed by atoms with Gasteiger partial charge in [0, 0.05) is 12.8 Å². The van der Waals surface area contributed by atoms with E-state index in [1.54, 1.807) is 0 Å². The second-order valence-electron chi connectivity index (χ2n) is 26.2. The lowest BCUT2D eigenvalue weighted by molar-refractivity contribution is -0.870. The summed E-state index contributed by atoms with van der Waals surface area (Å²) in [6.45, 7) is 4.64. The van der Waals surface area contributed by atoms with Crippen LogP contribution in [0.5, 0.6) is 0 Å². The van der Waals surface area contributed by atoms with E-state index in [0.717, 1.165) is 103 Å². The Balaban J connectivity index is 4.10. The van der Waals surface area contributed by atoms with E-state index in [9.17, 15) is 19.5 Å². The summed E-state index contributed by atoms with van der Waals surface area (Å²) in [7, 11) is 5.93. The van der Waals surface area contributed by atoms with Crippen LogP contribution < -0.4 is 5.11 Å². The van der Waals surface area contributed by atoms with E-state index in [0.29, 0.717) is 17.4 Å². The highest BCUT2D eigenvalue weighted by atomic mass is 16.7. The third kappa shape index (κ3) is 73.0. The lowest BCUT2D eigenvalue weighted by atomic mass is 10.0. The summed E-state index contributed by atoms with van der Waals surface area (Å²) in [4.78, 5) is 37.6. The van der Waals surface area contributed by atoms with E-state index in [-0.39, 0.29) is 38.6 Å². The van der Waals surface area contributed by atoms with E-state index in [2.05, 4.69) is 135 Å². The minimum atomic E-state index is -1.63. The summed E-state index contributed by atoms with van der Waals surface area (Å²) >= 11 is 0. The number of aliphatic carboxylic acids is 1. The van der Waals surface area contributed by atoms with Gasteiger partial charge in [-0.2, -0.15) is 0 Å².